The zero-order chi connectivity index (χ0) is 19.7. The lowest BCUT2D eigenvalue weighted by Crippen LogP contribution is -2.34. The minimum Gasteiger partial charge on any atom is -0.328 e. The van der Waals surface area contributed by atoms with Crippen molar-refractivity contribution >= 4 is 34.8 Å². The van der Waals surface area contributed by atoms with Crippen LogP contribution in [0.3, 0.4) is 0 Å². The Hall–Kier alpha value is -2.37. The van der Waals surface area contributed by atoms with Gasteiger partial charge in [-0.15, -0.1) is 0 Å². The van der Waals surface area contributed by atoms with Crippen molar-refractivity contribution in [2.75, 3.05) is 10.2 Å². The monoisotopic (exact) mass is 397 g/mol. The van der Waals surface area contributed by atoms with Gasteiger partial charge in [-0.05, 0) is 67.1 Å². The number of carbonyl (C=O) groups is 2. The van der Waals surface area contributed by atoms with Crippen molar-refractivity contribution in [1.29, 1.82) is 0 Å². The first-order valence-corrected chi connectivity index (χ1v) is 10.1. The molecule has 6 heteroatoms. The molecule has 0 saturated heterocycles. The molecule has 0 spiro atoms. The molecule has 3 N–H and O–H groups in total. The summed E-state index contributed by atoms with van der Waals surface area (Å²) in [4.78, 5) is 26.8. The highest BCUT2D eigenvalue weighted by Crippen LogP contribution is 2.32. The minimum atomic E-state index is -0.00554. The van der Waals surface area contributed by atoms with E-state index in [1.54, 1.807) is 0 Å². The van der Waals surface area contributed by atoms with Crippen LogP contribution in [0.5, 0.6) is 0 Å². The third-order valence-electron chi connectivity index (χ3n) is 5.65. The first-order valence-electron chi connectivity index (χ1n) is 9.74. The van der Waals surface area contributed by atoms with E-state index in [1.165, 1.54) is 0 Å². The number of carbonyl (C=O) groups excluding carboxylic acids is 2. The van der Waals surface area contributed by atoms with Crippen LogP contribution in [0.25, 0.3) is 0 Å². The fourth-order valence-electron chi connectivity index (χ4n) is 4.08. The van der Waals surface area contributed by atoms with Gasteiger partial charge in [0, 0.05) is 34.8 Å². The molecule has 5 nitrogen and oxygen atoms in total. The summed E-state index contributed by atoms with van der Waals surface area (Å²) in [6, 6.07) is 13.5. The predicted octanol–water partition coefficient (Wildman–Crippen LogP) is 3.89. The van der Waals surface area contributed by atoms with Crippen molar-refractivity contribution in [3.63, 3.8) is 0 Å². The molecule has 1 heterocycles. The number of halogens is 1. The third-order valence-corrected chi connectivity index (χ3v) is 5.90. The Bertz CT molecular complexity index is 897. The first-order chi connectivity index (χ1) is 13.5. The summed E-state index contributed by atoms with van der Waals surface area (Å²) >= 11 is 5.96. The Morgan fingerprint density at radius 1 is 1.14 bits per heavy atom. The maximum atomic E-state index is 12.5. The van der Waals surface area contributed by atoms with Crippen LogP contribution < -0.4 is 16.0 Å². The summed E-state index contributed by atoms with van der Waals surface area (Å²) in [7, 11) is 0. The predicted molar refractivity (Wildman–Crippen MR) is 111 cm³/mol. The van der Waals surface area contributed by atoms with Crippen molar-refractivity contribution in [1.82, 2.24) is 0 Å². The SMILES string of the molecule is NC1CCC(C(=O)Nc2ccc3c(c2)CCC(=O)N3Cc2ccc(Cl)cc2)C1. The van der Waals surface area contributed by atoms with E-state index in [0.29, 0.717) is 24.4 Å². The number of amides is 2. The van der Waals surface area contributed by atoms with Crippen LogP contribution in [0.2, 0.25) is 5.02 Å². The van der Waals surface area contributed by atoms with Crippen molar-refractivity contribution in [3.05, 3.63) is 58.6 Å². The number of nitrogens with one attached hydrogen (secondary N) is 1. The smallest absolute Gasteiger partial charge is 0.227 e. The fraction of sp³-hybridized carbons (Fsp3) is 0.364. The lowest BCUT2D eigenvalue weighted by atomic mass is 9.99. The van der Waals surface area contributed by atoms with Crippen molar-refractivity contribution in [2.45, 2.75) is 44.7 Å². The van der Waals surface area contributed by atoms with Crippen LogP contribution in [0, 0.1) is 5.92 Å². The van der Waals surface area contributed by atoms with E-state index in [9.17, 15) is 9.59 Å². The van der Waals surface area contributed by atoms with E-state index in [0.717, 1.165) is 41.8 Å². The second-order valence-electron chi connectivity index (χ2n) is 7.71. The standard InChI is InChI=1S/C22H24ClN3O2/c23-17-5-1-14(2-6-17)13-26-20-9-8-19(12-15(20)4-10-21(26)27)25-22(28)16-3-7-18(24)11-16/h1-2,5-6,8-9,12,16,18H,3-4,7,10-11,13,24H2,(H,25,28). The van der Waals surface area contributed by atoms with Crippen LogP contribution >= 0.6 is 11.6 Å². The van der Waals surface area contributed by atoms with Gasteiger partial charge in [0.15, 0.2) is 0 Å². The van der Waals surface area contributed by atoms with Gasteiger partial charge in [-0.3, -0.25) is 9.59 Å². The van der Waals surface area contributed by atoms with E-state index in [-0.39, 0.29) is 23.8 Å². The molecule has 146 valence electrons. The maximum absolute atomic E-state index is 12.5. The molecule has 2 amide bonds. The second kappa shape index (κ2) is 7.94. The Morgan fingerprint density at radius 2 is 1.93 bits per heavy atom. The number of benzene rings is 2. The minimum absolute atomic E-state index is 0.00554. The van der Waals surface area contributed by atoms with E-state index in [1.807, 2.05) is 47.4 Å². The van der Waals surface area contributed by atoms with Gasteiger partial charge in [0.25, 0.3) is 0 Å². The molecular weight excluding hydrogens is 374 g/mol. The zero-order valence-electron chi connectivity index (χ0n) is 15.7. The van der Waals surface area contributed by atoms with Crippen LogP contribution in [0.15, 0.2) is 42.5 Å². The number of nitrogens with two attached hydrogens (primary N) is 1. The summed E-state index contributed by atoms with van der Waals surface area (Å²) in [5.41, 5.74) is 9.72. The van der Waals surface area contributed by atoms with Gasteiger partial charge in [0.05, 0.1) is 6.54 Å². The Kier molecular flexibility index (Phi) is 5.38. The molecule has 1 aliphatic heterocycles. The Morgan fingerprint density at radius 3 is 2.64 bits per heavy atom. The van der Waals surface area contributed by atoms with Gasteiger partial charge in [-0.1, -0.05) is 23.7 Å². The molecule has 0 bridgehead atoms. The Balaban J connectivity index is 1.51. The molecule has 2 aromatic rings. The highest BCUT2D eigenvalue weighted by Gasteiger charge is 2.28. The number of nitrogens with zero attached hydrogens (tertiary/aromatic N) is 1. The van der Waals surface area contributed by atoms with Gasteiger partial charge in [-0.25, -0.2) is 0 Å². The van der Waals surface area contributed by atoms with Crippen LogP contribution in [0.1, 0.15) is 36.8 Å². The van der Waals surface area contributed by atoms with Crippen molar-refractivity contribution in [2.24, 2.45) is 11.7 Å². The van der Waals surface area contributed by atoms with E-state index < -0.39 is 0 Å². The van der Waals surface area contributed by atoms with Gasteiger partial charge >= 0.3 is 0 Å². The molecule has 2 aliphatic rings. The van der Waals surface area contributed by atoms with Crippen LogP contribution in [0.4, 0.5) is 11.4 Å². The van der Waals surface area contributed by atoms with Gasteiger partial charge in [0.2, 0.25) is 11.8 Å². The first kappa shape index (κ1) is 19.0. The van der Waals surface area contributed by atoms with E-state index >= 15 is 0 Å². The molecule has 0 aromatic heterocycles. The highest BCUT2D eigenvalue weighted by molar-refractivity contribution is 6.30. The van der Waals surface area contributed by atoms with Crippen molar-refractivity contribution < 1.29 is 9.59 Å². The second-order valence-corrected chi connectivity index (χ2v) is 8.15. The quantitative estimate of drug-likeness (QED) is 0.821. The number of fused-ring (bicyclic) bond motifs is 1. The van der Waals surface area contributed by atoms with Gasteiger partial charge < -0.3 is 16.0 Å². The third kappa shape index (κ3) is 4.05. The van der Waals surface area contributed by atoms with E-state index in [4.69, 9.17) is 17.3 Å². The normalized spacial score (nSPS) is 21.5. The average Bonchev–Trinajstić information content (AvgIpc) is 3.12. The molecule has 0 radical (unpaired) electrons. The van der Waals surface area contributed by atoms with Gasteiger partial charge in [0.1, 0.15) is 0 Å². The Labute approximate surface area is 169 Å². The summed E-state index contributed by atoms with van der Waals surface area (Å²) in [5.74, 6) is 0.144. The fourth-order valence-corrected chi connectivity index (χ4v) is 4.21. The molecule has 1 saturated carbocycles. The lowest BCUT2D eigenvalue weighted by molar-refractivity contribution is -0.120. The number of aryl methyl sites for hydroxylation is 1. The summed E-state index contributed by atoms with van der Waals surface area (Å²) in [6.07, 6.45) is 3.66. The largest absolute Gasteiger partial charge is 0.328 e. The van der Waals surface area contributed by atoms with Crippen LogP contribution in [-0.4, -0.2) is 17.9 Å². The maximum Gasteiger partial charge on any atom is 0.227 e. The zero-order valence-corrected chi connectivity index (χ0v) is 16.4. The average molecular weight is 398 g/mol. The molecule has 28 heavy (non-hydrogen) atoms. The number of rotatable bonds is 4. The van der Waals surface area contributed by atoms with Gasteiger partial charge in [-0.2, -0.15) is 0 Å². The van der Waals surface area contributed by atoms with E-state index in [2.05, 4.69) is 5.32 Å². The number of hydrogen-bond acceptors (Lipinski definition) is 3. The topological polar surface area (TPSA) is 75.4 Å². The molecule has 2 atom stereocenters. The number of anilines is 2. The number of hydrogen-bond donors (Lipinski definition) is 2. The highest BCUT2D eigenvalue weighted by atomic mass is 35.5. The van der Waals surface area contributed by atoms with Crippen molar-refractivity contribution in [3.8, 4) is 0 Å². The molecule has 2 aromatic carbocycles. The summed E-state index contributed by atoms with van der Waals surface area (Å²) in [5, 5.41) is 3.70. The molecule has 1 fully saturated rings. The molecular formula is C22H24ClN3O2. The molecule has 2 unspecified atom stereocenters. The molecule has 4 rings (SSSR count). The van der Waals surface area contributed by atoms with Crippen LogP contribution in [-0.2, 0) is 22.6 Å². The lowest BCUT2D eigenvalue weighted by Gasteiger charge is -2.30. The molecule has 1 aliphatic carbocycles. The summed E-state index contributed by atoms with van der Waals surface area (Å²) in [6.45, 7) is 0.509. The summed E-state index contributed by atoms with van der Waals surface area (Å²) < 4.78 is 0.